The van der Waals surface area contributed by atoms with Gasteiger partial charge in [0.25, 0.3) is 15.9 Å². The summed E-state index contributed by atoms with van der Waals surface area (Å²) in [4.78, 5) is 27.2. The Morgan fingerprint density at radius 1 is 1.23 bits per heavy atom. The van der Waals surface area contributed by atoms with Crippen LogP contribution < -0.4 is 10.2 Å². The number of carbonyl (C=O) groups excluding carboxylic acids is 2. The number of nitrogens with one attached hydrogen (secondary N) is 1. The molecule has 0 bridgehead atoms. The predicted molar refractivity (Wildman–Crippen MR) is 111 cm³/mol. The second kappa shape index (κ2) is 7.73. The molecule has 1 atom stereocenters. The largest absolute Gasteiger partial charge is 0.449 e. The van der Waals surface area contributed by atoms with Crippen molar-refractivity contribution < 1.29 is 27.1 Å². The van der Waals surface area contributed by atoms with Gasteiger partial charge in [-0.25, -0.2) is 17.6 Å². The van der Waals surface area contributed by atoms with Crippen molar-refractivity contribution in [2.75, 3.05) is 22.5 Å². The van der Waals surface area contributed by atoms with E-state index in [0.29, 0.717) is 22.3 Å². The number of carbonyl (C=O) groups is 2. The van der Waals surface area contributed by atoms with Crippen LogP contribution in [-0.4, -0.2) is 43.9 Å². The average molecular weight is 449 g/mol. The lowest BCUT2D eigenvalue weighted by molar-refractivity contribution is -0.123. The van der Waals surface area contributed by atoms with Crippen LogP contribution in [0.3, 0.4) is 0 Å². The molecule has 0 saturated carbocycles. The minimum absolute atomic E-state index is 0.0685. The number of amidine groups is 1. The van der Waals surface area contributed by atoms with Gasteiger partial charge in [-0.15, -0.1) is 4.40 Å². The van der Waals surface area contributed by atoms with Crippen LogP contribution in [0.2, 0.25) is 0 Å². The zero-order valence-corrected chi connectivity index (χ0v) is 17.3. The summed E-state index contributed by atoms with van der Waals surface area (Å²) in [6, 6.07) is 10.0. The molecule has 2 aromatic carbocycles. The average Bonchev–Trinajstić information content (AvgIpc) is 3.04. The van der Waals surface area contributed by atoms with Crippen LogP contribution in [0.5, 0.6) is 0 Å². The molecular weight excluding hydrogens is 433 g/mol. The fourth-order valence-electron chi connectivity index (χ4n) is 2.92. The van der Waals surface area contributed by atoms with E-state index in [2.05, 4.69) is 9.71 Å². The maximum absolute atomic E-state index is 12.9. The van der Waals surface area contributed by atoms with E-state index in [1.807, 2.05) is 0 Å². The first-order valence-corrected chi connectivity index (χ1v) is 11.3. The summed E-state index contributed by atoms with van der Waals surface area (Å²) in [5.74, 6) is -1.75. The van der Waals surface area contributed by atoms with E-state index in [1.165, 1.54) is 31.2 Å². The minimum Gasteiger partial charge on any atom is -0.449 e. The summed E-state index contributed by atoms with van der Waals surface area (Å²) in [6.45, 7) is 1.73. The van der Waals surface area contributed by atoms with E-state index in [-0.39, 0.29) is 11.3 Å². The van der Waals surface area contributed by atoms with Gasteiger partial charge in [-0.3, -0.25) is 4.79 Å². The van der Waals surface area contributed by atoms with E-state index in [1.54, 1.807) is 23.1 Å². The molecule has 2 heterocycles. The summed E-state index contributed by atoms with van der Waals surface area (Å²) >= 11 is 1.16. The van der Waals surface area contributed by atoms with Gasteiger partial charge in [0.15, 0.2) is 11.3 Å². The summed E-state index contributed by atoms with van der Waals surface area (Å²) in [6.07, 6.45) is -1.08. The highest BCUT2D eigenvalue weighted by atomic mass is 32.2. The molecule has 0 aromatic heterocycles. The number of fused-ring (bicyclic) bond motifs is 3. The Hall–Kier alpha value is -2.92. The number of nitrogens with zero attached hydrogens (tertiary/aromatic N) is 2. The summed E-state index contributed by atoms with van der Waals surface area (Å²) in [5, 5.41) is 2.90. The highest BCUT2D eigenvalue weighted by Gasteiger charge is 2.33. The number of thioether (sulfide) groups is 1. The summed E-state index contributed by atoms with van der Waals surface area (Å²) < 4.78 is 45.3. The molecule has 30 heavy (non-hydrogen) atoms. The zero-order chi connectivity index (χ0) is 21.5. The highest BCUT2D eigenvalue weighted by Crippen LogP contribution is 2.42. The maximum Gasteiger partial charge on any atom is 0.338 e. The molecule has 8 nitrogen and oxygen atoms in total. The number of ether oxygens (including phenoxy) is 1. The zero-order valence-electron chi connectivity index (χ0n) is 15.7. The first kappa shape index (κ1) is 20.4. The molecule has 2 aliphatic rings. The Bertz CT molecular complexity index is 1170. The van der Waals surface area contributed by atoms with Gasteiger partial charge in [0.1, 0.15) is 5.82 Å². The van der Waals surface area contributed by atoms with Gasteiger partial charge >= 0.3 is 5.97 Å². The Morgan fingerprint density at radius 3 is 2.70 bits per heavy atom. The van der Waals surface area contributed by atoms with Crippen molar-refractivity contribution in [1.29, 1.82) is 0 Å². The van der Waals surface area contributed by atoms with E-state index >= 15 is 0 Å². The first-order chi connectivity index (χ1) is 14.2. The number of esters is 1. The fourth-order valence-corrected chi connectivity index (χ4v) is 5.21. The van der Waals surface area contributed by atoms with Crippen LogP contribution in [0, 0.1) is 5.82 Å². The van der Waals surface area contributed by atoms with Gasteiger partial charge < -0.3 is 15.0 Å². The van der Waals surface area contributed by atoms with Crippen molar-refractivity contribution in [3.05, 3.63) is 53.8 Å². The Labute approximate surface area is 176 Å². The molecule has 1 unspecified atom stereocenters. The number of halogens is 1. The van der Waals surface area contributed by atoms with Crippen molar-refractivity contribution >= 4 is 50.2 Å². The van der Waals surface area contributed by atoms with Crippen LogP contribution in [0.25, 0.3) is 0 Å². The van der Waals surface area contributed by atoms with Crippen molar-refractivity contribution in [3.8, 4) is 0 Å². The number of hydrogen-bond donors (Lipinski definition) is 1. The van der Waals surface area contributed by atoms with Crippen molar-refractivity contribution in [2.45, 2.75) is 17.9 Å². The lowest BCUT2D eigenvalue weighted by Gasteiger charge is -2.22. The topological polar surface area (TPSA) is 105 Å². The predicted octanol–water partition coefficient (Wildman–Crippen LogP) is 2.62. The minimum atomic E-state index is -3.47. The third-order valence-corrected chi connectivity index (χ3v) is 6.78. The molecule has 2 aromatic rings. The third-order valence-electron chi connectivity index (χ3n) is 4.47. The Morgan fingerprint density at radius 2 is 1.97 bits per heavy atom. The SMILES string of the molecule is CC(OC(=O)c1ccc2c(c1)SC1=NS(=O)(=O)CCN12)C(=O)Nc1ccc(F)cc1. The van der Waals surface area contributed by atoms with E-state index in [4.69, 9.17) is 4.74 Å². The molecule has 1 amide bonds. The van der Waals surface area contributed by atoms with Gasteiger partial charge in [-0.1, -0.05) is 0 Å². The molecule has 11 heteroatoms. The highest BCUT2D eigenvalue weighted by molar-refractivity contribution is 8.15. The van der Waals surface area contributed by atoms with Crippen molar-refractivity contribution in [3.63, 3.8) is 0 Å². The molecule has 0 fully saturated rings. The number of benzene rings is 2. The number of amides is 1. The first-order valence-electron chi connectivity index (χ1n) is 8.91. The maximum atomic E-state index is 12.9. The van der Waals surface area contributed by atoms with Crippen LogP contribution >= 0.6 is 11.8 Å². The molecular formula is C19H16FN3O5S2. The lowest BCUT2D eigenvalue weighted by Crippen LogP contribution is -2.35. The van der Waals surface area contributed by atoms with Gasteiger partial charge in [0, 0.05) is 17.1 Å². The quantitative estimate of drug-likeness (QED) is 0.716. The van der Waals surface area contributed by atoms with Crippen LogP contribution in [0.15, 0.2) is 51.8 Å². The van der Waals surface area contributed by atoms with Crippen molar-refractivity contribution in [1.82, 2.24) is 0 Å². The summed E-state index contributed by atoms with van der Waals surface area (Å²) in [7, 11) is -3.47. The molecule has 2 aliphatic heterocycles. The van der Waals surface area contributed by atoms with Gasteiger partial charge in [-0.2, -0.15) is 0 Å². The number of hydrogen-bond acceptors (Lipinski definition) is 7. The molecule has 0 radical (unpaired) electrons. The van der Waals surface area contributed by atoms with Crippen molar-refractivity contribution in [2.24, 2.45) is 4.40 Å². The van der Waals surface area contributed by atoms with Gasteiger partial charge in [0.05, 0.1) is 17.0 Å². The number of anilines is 2. The van der Waals surface area contributed by atoms with E-state index in [0.717, 1.165) is 17.4 Å². The molecule has 0 spiro atoms. The second-order valence-electron chi connectivity index (χ2n) is 6.64. The van der Waals surface area contributed by atoms with E-state index in [9.17, 15) is 22.4 Å². The van der Waals surface area contributed by atoms with Crippen LogP contribution in [-0.2, 0) is 19.6 Å². The van der Waals surface area contributed by atoms with Crippen LogP contribution in [0.4, 0.5) is 15.8 Å². The fraction of sp³-hybridized carbons (Fsp3) is 0.211. The Kier molecular flexibility index (Phi) is 5.24. The van der Waals surface area contributed by atoms with Gasteiger partial charge in [0.2, 0.25) is 0 Å². The molecule has 0 aliphatic carbocycles. The molecule has 156 valence electrons. The smallest absolute Gasteiger partial charge is 0.338 e. The molecule has 0 saturated heterocycles. The van der Waals surface area contributed by atoms with E-state index < -0.39 is 33.8 Å². The van der Waals surface area contributed by atoms with Crippen LogP contribution in [0.1, 0.15) is 17.3 Å². The molecule has 1 N–H and O–H groups in total. The lowest BCUT2D eigenvalue weighted by atomic mass is 10.2. The number of sulfonamides is 1. The monoisotopic (exact) mass is 449 g/mol. The number of rotatable bonds is 4. The third kappa shape index (κ3) is 4.17. The van der Waals surface area contributed by atoms with Gasteiger partial charge in [-0.05, 0) is 61.2 Å². The Balaban J connectivity index is 1.44. The normalized spacial score (nSPS) is 17.4. The standard InChI is InChI=1S/C19H16FN3O5S2/c1-11(17(24)21-14-5-3-13(20)4-6-14)28-18(25)12-2-7-15-16(10-12)29-19-22-30(26,27)9-8-23(15)19/h2-7,10-11H,8-9H2,1H3,(H,21,24). The summed E-state index contributed by atoms with van der Waals surface area (Å²) in [5.41, 5.74) is 1.38. The molecule has 4 rings (SSSR count). The second-order valence-corrected chi connectivity index (χ2v) is 9.40.